The predicted octanol–water partition coefficient (Wildman–Crippen LogP) is 3.12. The molecule has 1 aromatic rings. The Hall–Kier alpha value is -0.580. The minimum atomic E-state index is -0.476. The highest BCUT2D eigenvalue weighted by molar-refractivity contribution is 9.10. The van der Waals surface area contributed by atoms with Crippen LogP contribution in [0.3, 0.4) is 0 Å². The molecular weight excluding hydrogens is 294 g/mol. The summed E-state index contributed by atoms with van der Waals surface area (Å²) in [6.07, 6.45) is -0.476. The summed E-state index contributed by atoms with van der Waals surface area (Å²) >= 11 is 3.46. The van der Waals surface area contributed by atoms with E-state index in [0.29, 0.717) is 6.61 Å². The largest absolute Gasteiger partial charge is 0.389 e. The SMILES string of the molecule is CC(O)c1cc(Br)ccc1N1CCOCC1(C)C. The Morgan fingerprint density at radius 3 is 2.78 bits per heavy atom. The molecule has 1 atom stereocenters. The first-order valence-electron chi connectivity index (χ1n) is 6.25. The second-order valence-corrected chi connectivity index (χ2v) is 6.31. The predicted molar refractivity (Wildman–Crippen MR) is 77.0 cm³/mol. The third-order valence-corrected chi connectivity index (χ3v) is 3.87. The number of ether oxygens (including phenoxy) is 1. The molecule has 1 aliphatic heterocycles. The van der Waals surface area contributed by atoms with Crippen molar-refractivity contribution in [3.63, 3.8) is 0 Å². The molecule has 0 bridgehead atoms. The molecule has 4 heteroatoms. The number of aliphatic hydroxyl groups excluding tert-OH is 1. The lowest BCUT2D eigenvalue weighted by Crippen LogP contribution is -2.53. The Morgan fingerprint density at radius 1 is 1.44 bits per heavy atom. The highest BCUT2D eigenvalue weighted by Crippen LogP contribution is 2.34. The standard InChI is InChI=1S/C14H20BrNO2/c1-10(17)12-8-11(15)4-5-13(12)16-6-7-18-9-14(16,2)3/h4-5,8,10,17H,6-7,9H2,1-3H3. The Morgan fingerprint density at radius 2 is 2.17 bits per heavy atom. The first-order chi connectivity index (χ1) is 8.42. The Kier molecular flexibility index (Phi) is 3.99. The van der Waals surface area contributed by atoms with E-state index in [1.165, 1.54) is 0 Å². The van der Waals surface area contributed by atoms with E-state index in [1.807, 2.05) is 12.1 Å². The molecule has 1 heterocycles. The molecular formula is C14H20BrNO2. The van der Waals surface area contributed by atoms with Crippen molar-refractivity contribution in [2.24, 2.45) is 0 Å². The van der Waals surface area contributed by atoms with Crippen LogP contribution in [0, 0.1) is 0 Å². The van der Waals surface area contributed by atoms with Crippen molar-refractivity contribution < 1.29 is 9.84 Å². The van der Waals surface area contributed by atoms with Crippen LogP contribution in [-0.4, -0.2) is 30.4 Å². The molecule has 1 aliphatic rings. The summed E-state index contributed by atoms with van der Waals surface area (Å²) < 4.78 is 6.54. The van der Waals surface area contributed by atoms with Crippen molar-refractivity contribution in [3.05, 3.63) is 28.2 Å². The molecule has 1 aromatic carbocycles. The summed E-state index contributed by atoms with van der Waals surface area (Å²) in [4.78, 5) is 2.32. The van der Waals surface area contributed by atoms with Crippen LogP contribution in [0.2, 0.25) is 0 Å². The number of hydrogen-bond acceptors (Lipinski definition) is 3. The first-order valence-corrected chi connectivity index (χ1v) is 7.04. The maximum absolute atomic E-state index is 9.95. The summed E-state index contributed by atoms with van der Waals surface area (Å²) in [5.74, 6) is 0. The third-order valence-electron chi connectivity index (χ3n) is 3.38. The average Bonchev–Trinajstić information content (AvgIpc) is 2.29. The van der Waals surface area contributed by atoms with Gasteiger partial charge in [0.25, 0.3) is 0 Å². The second kappa shape index (κ2) is 5.19. The highest BCUT2D eigenvalue weighted by Gasteiger charge is 2.32. The van der Waals surface area contributed by atoms with Gasteiger partial charge in [0.1, 0.15) is 0 Å². The van der Waals surface area contributed by atoms with Gasteiger partial charge in [-0.05, 0) is 39.0 Å². The molecule has 0 aliphatic carbocycles. The van der Waals surface area contributed by atoms with Crippen molar-refractivity contribution in [2.45, 2.75) is 32.4 Å². The van der Waals surface area contributed by atoms with Gasteiger partial charge >= 0.3 is 0 Å². The number of halogens is 1. The van der Waals surface area contributed by atoms with Gasteiger partial charge < -0.3 is 14.7 Å². The Balaban J connectivity index is 2.43. The van der Waals surface area contributed by atoms with E-state index in [2.05, 4.69) is 40.7 Å². The van der Waals surface area contributed by atoms with Crippen LogP contribution < -0.4 is 4.90 Å². The summed E-state index contributed by atoms with van der Waals surface area (Å²) in [6.45, 7) is 8.44. The van der Waals surface area contributed by atoms with E-state index in [9.17, 15) is 5.11 Å². The maximum Gasteiger partial charge on any atom is 0.0782 e. The Bertz CT molecular complexity index is 432. The zero-order valence-corrected chi connectivity index (χ0v) is 12.7. The minimum absolute atomic E-state index is 0.0459. The molecule has 1 N–H and O–H groups in total. The number of hydrogen-bond donors (Lipinski definition) is 1. The monoisotopic (exact) mass is 313 g/mol. The second-order valence-electron chi connectivity index (χ2n) is 5.40. The fourth-order valence-electron chi connectivity index (χ4n) is 2.41. The van der Waals surface area contributed by atoms with Crippen molar-refractivity contribution >= 4 is 21.6 Å². The van der Waals surface area contributed by atoms with Crippen LogP contribution >= 0.6 is 15.9 Å². The van der Waals surface area contributed by atoms with Crippen molar-refractivity contribution in [3.8, 4) is 0 Å². The first kappa shape index (κ1) is 13.8. The third kappa shape index (κ3) is 2.71. The highest BCUT2D eigenvalue weighted by atomic mass is 79.9. The molecule has 0 radical (unpaired) electrons. The fourth-order valence-corrected chi connectivity index (χ4v) is 2.79. The zero-order chi connectivity index (χ0) is 13.3. The van der Waals surface area contributed by atoms with Gasteiger partial charge in [-0.1, -0.05) is 15.9 Å². The molecule has 0 aromatic heterocycles. The molecule has 3 nitrogen and oxygen atoms in total. The average molecular weight is 314 g/mol. The van der Waals surface area contributed by atoms with E-state index in [1.54, 1.807) is 6.92 Å². The van der Waals surface area contributed by atoms with Crippen LogP contribution in [0.4, 0.5) is 5.69 Å². The molecule has 1 saturated heterocycles. The minimum Gasteiger partial charge on any atom is -0.389 e. The molecule has 18 heavy (non-hydrogen) atoms. The smallest absolute Gasteiger partial charge is 0.0782 e. The molecule has 1 fully saturated rings. The van der Waals surface area contributed by atoms with Gasteiger partial charge in [-0.3, -0.25) is 0 Å². The zero-order valence-electron chi connectivity index (χ0n) is 11.1. The van der Waals surface area contributed by atoms with Gasteiger partial charge in [-0.15, -0.1) is 0 Å². The lowest BCUT2D eigenvalue weighted by molar-refractivity contribution is 0.0639. The normalized spacial score (nSPS) is 20.8. The Labute approximate surface area is 117 Å². The number of aliphatic hydroxyl groups is 1. The van der Waals surface area contributed by atoms with Crippen LogP contribution in [0.5, 0.6) is 0 Å². The molecule has 0 spiro atoms. The van der Waals surface area contributed by atoms with Crippen molar-refractivity contribution in [1.29, 1.82) is 0 Å². The van der Waals surface area contributed by atoms with E-state index < -0.39 is 6.10 Å². The van der Waals surface area contributed by atoms with Gasteiger partial charge in [0.2, 0.25) is 0 Å². The van der Waals surface area contributed by atoms with Gasteiger partial charge in [0.05, 0.1) is 24.9 Å². The van der Waals surface area contributed by atoms with Gasteiger partial charge in [0.15, 0.2) is 0 Å². The van der Waals surface area contributed by atoms with E-state index in [0.717, 1.165) is 28.9 Å². The number of rotatable bonds is 2. The van der Waals surface area contributed by atoms with Crippen LogP contribution in [-0.2, 0) is 4.74 Å². The topological polar surface area (TPSA) is 32.7 Å². The molecule has 2 rings (SSSR count). The molecule has 0 amide bonds. The number of anilines is 1. The molecule has 0 saturated carbocycles. The number of morpholine rings is 1. The molecule has 1 unspecified atom stereocenters. The summed E-state index contributed by atoms with van der Waals surface area (Å²) in [5, 5.41) is 9.95. The van der Waals surface area contributed by atoms with Crippen LogP contribution in [0.1, 0.15) is 32.4 Å². The van der Waals surface area contributed by atoms with Gasteiger partial charge in [-0.2, -0.15) is 0 Å². The summed E-state index contributed by atoms with van der Waals surface area (Å²) in [7, 11) is 0. The number of nitrogens with zero attached hydrogens (tertiary/aromatic N) is 1. The van der Waals surface area contributed by atoms with Crippen molar-refractivity contribution in [2.75, 3.05) is 24.7 Å². The maximum atomic E-state index is 9.95. The van der Waals surface area contributed by atoms with Crippen LogP contribution in [0.15, 0.2) is 22.7 Å². The van der Waals surface area contributed by atoms with Crippen molar-refractivity contribution in [1.82, 2.24) is 0 Å². The van der Waals surface area contributed by atoms with E-state index >= 15 is 0 Å². The molecule has 100 valence electrons. The van der Waals surface area contributed by atoms with E-state index in [-0.39, 0.29) is 5.54 Å². The summed E-state index contributed by atoms with van der Waals surface area (Å²) in [6, 6.07) is 6.08. The lowest BCUT2D eigenvalue weighted by Gasteiger charge is -2.44. The summed E-state index contributed by atoms with van der Waals surface area (Å²) in [5.41, 5.74) is 2.01. The quantitative estimate of drug-likeness (QED) is 0.910. The van der Waals surface area contributed by atoms with Gasteiger partial charge in [0, 0.05) is 22.3 Å². The van der Waals surface area contributed by atoms with Crippen LogP contribution in [0.25, 0.3) is 0 Å². The lowest BCUT2D eigenvalue weighted by atomic mass is 9.98. The fraction of sp³-hybridized carbons (Fsp3) is 0.571. The van der Waals surface area contributed by atoms with E-state index in [4.69, 9.17) is 4.74 Å². The van der Waals surface area contributed by atoms with Gasteiger partial charge in [-0.25, -0.2) is 0 Å². The number of benzene rings is 1.